The van der Waals surface area contributed by atoms with Gasteiger partial charge in [-0.25, -0.2) is 19.3 Å². The molecule has 3 aromatic rings. The van der Waals surface area contributed by atoms with Crippen LogP contribution in [0.3, 0.4) is 0 Å². The summed E-state index contributed by atoms with van der Waals surface area (Å²) in [5, 5.41) is 15.1. The lowest BCUT2D eigenvalue weighted by Crippen LogP contribution is -2.35. The lowest BCUT2D eigenvalue weighted by Gasteiger charge is -2.36. The van der Waals surface area contributed by atoms with Crippen LogP contribution in [-0.4, -0.2) is 25.8 Å². The van der Waals surface area contributed by atoms with Gasteiger partial charge in [0, 0.05) is 24.0 Å². The van der Waals surface area contributed by atoms with E-state index in [9.17, 15) is 14.3 Å². The first kappa shape index (κ1) is 22.5. The average molecular weight is 455 g/mol. The molecule has 1 aromatic carbocycles. The van der Waals surface area contributed by atoms with Crippen LogP contribution in [-0.2, 0) is 17.1 Å². The van der Waals surface area contributed by atoms with E-state index in [1.165, 1.54) is 17.5 Å². The first-order valence-electron chi connectivity index (χ1n) is 10.8. The Morgan fingerprint density at radius 2 is 2.03 bits per heavy atom. The van der Waals surface area contributed by atoms with Gasteiger partial charge in [-0.15, -0.1) is 11.3 Å². The Kier molecular flexibility index (Phi) is 6.62. The van der Waals surface area contributed by atoms with Gasteiger partial charge in [0.2, 0.25) is 5.95 Å². The second-order valence-electron chi connectivity index (χ2n) is 8.55. The number of hydrogen-bond acceptors (Lipinski definition) is 7. The highest BCUT2D eigenvalue weighted by molar-refractivity contribution is 7.15. The van der Waals surface area contributed by atoms with E-state index in [-0.39, 0.29) is 17.6 Å². The number of nitrogens with one attached hydrogen (secondary N) is 1. The minimum absolute atomic E-state index is 0.0880. The number of anilines is 2. The summed E-state index contributed by atoms with van der Waals surface area (Å²) in [4.78, 5) is 25.4. The molecule has 0 radical (unpaired) electrons. The summed E-state index contributed by atoms with van der Waals surface area (Å²) in [5.41, 5.74) is 1.03. The number of alkyl halides is 1. The second-order valence-corrected chi connectivity index (χ2v) is 9.58. The zero-order valence-electron chi connectivity index (χ0n) is 18.2. The van der Waals surface area contributed by atoms with Crippen LogP contribution < -0.4 is 5.32 Å². The van der Waals surface area contributed by atoms with Crippen LogP contribution in [0.25, 0.3) is 10.4 Å². The highest BCUT2D eigenvalue weighted by atomic mass is 32.1. The number of carbonyl (C=O) groups excluding carboxylic acids is 1. The molecule has 0 aliphatic heterocycles. The first-order valence-corrected chi connectivity index (χ1v) is 11.6. The van der Waals surface area contributed by atoms with Crippen molar-refractivity contribution < 1.29 is 14.3 Å². The average Bonchev–Trinajstić information content (AvgIpc) is 3.31. The molecule has 32 heavy (non-hydrogen) atoms. The van der Waals surface area contributed by atoms with E-state index in [2.05, 4.69) is 20.3 Å². The van der Waals surface area contributed by atoms with E-state index in [0.717, 1.165) is 41.8 Å². The molecule has 6 nitrogen and oxygen atoms in total. The largest absolute Gasteiger partial charge is 0.383 e. The van der Waals surface area contributed by atoms with Gasteiger partial charge in [-0.05, 0) is 69.2 Å². The van der Waals surface area contributed by atoms with Crippen LogP contribution in [0.5, 0.6) is 0 Å². The molecule has 0 bridgehead atoms. The van der Waals surface area contributed by atoms with Gasteiger partial charge >= 0.3 is 0 Å². The number of carbonyl (C=O) groups is 1. The third kappa shape index (κ3) is 4.86. The molecule has 4 rings (SSSR count). The molecule has 0 spiro atoms. The van der Waals surface area contributed by atoms with E-state index in [1.807, 2.05) is 31.2 Å². The van der Waals surface area contributed by atoms with Gasteiger partial charge in [-0.3, -0.25) is 4.79 Å². The Balaban J connectivity index is 1.49. The summed E-state index contributed by atoms with van der Waals surface area (Å²) in [6.45, 7) is 2.85. The number of aliphatic hydroxyl groups is 1. The minimum atomic E-state index is -1.03. The zero-order valence-corrected chi connectivity index (χ0v) is 19.0. The summed E-state index contributed by atoms with van der Waals surface area (Å²) >= 11 is 1.48. The smallest absolute Gasteiger partial charge is 0.227 e. The summed E-state index contributed by atoms with van der Waals surface area (Å²) in [6, 6.07) is 9.28. The topological polar surface area (TPSA) is 88.0 Å². The van der Waals surface area contributed by atoms with Crippen molar-refractivity contribution in [3.8, 4) is 10.4 Å². The SMILES string of the molecule is CC(=O)C1CCC(C(C)(O)c2ncc(-c3cccc(Nc4nccc(CF)n4)c3)s2)CC1. The highest BCUT2D eigenvalue weighted by Gasteiger charge is 2.39. The highest BCUT2D eigenvalue weighted by Crippen LogP contribution is 2.43. The number of aromatic nitrogens is 3. The van der Waals surface area contributed by atoms with Crippen LogP contribution in [0.2, 0.25) is 0 Å². The van der Waals surface area contributed by atoms with Crippen molar-refractivity contribution in [1.82, 2.24) is 15.0 Å². The van der Waals surface area contributed by atoms with Gasteiger partial charge in [0.25, 0.3) is 0 Å². The number of thiazole rings is 1. The second kappa shape index (κ2) is 9.42. The molecule has 1 fully saturated rings. The van der Waals surface area contributed by atoms with Crippen molar-refractivity contribution in [2.45, 2.75) is 51.8 Å². The molecular weight excluding hydrogens is 427 g/mol. The maximum Gasteiger partial charge on any atom is 0.227 e. The Hall–Kier alpha value is -2.71. The van der Waals surface area contributed by atoms with Crippen LogP contribution in [0, 0.1) is 11.8 Å². The van der Waals surface area contributed by atoms with E-state index >= 15 is 0 Å². The fraction of sp³-hybridized carbons (Fsp3) is 0.417. The third-order valence-corrected chi connectivity index (χ3v) is 7.56. The van der Waals surface area contributed by atoms with Gasteiger partial charge < -0.3 is 10.4 Å². The summed E-state index contributed by atoms with van der Waals surface area (Å²) in [6.07, 6.45) is 6.61. The number of Topliss-reactive ketones (excluding diaryl/α,β-unsaturated/α-hetero) is 1. The molecule has 2 heterocycles. The molecule has 2 aromatic heterocycles. The summed E-state index contributed by atoms with van der Waals surface area (Å²) < 4.78 is 12.9. The van der Waals surface area contributed by atoms with Crippen molar-refractivity contribution in [3.05, 3.63) is 53.4 Å². The van der Waals surface area contributed by atoms with Gasteiger partial charge in [0.1, 0.15) is 23.1 Å². The molecule has 1 saturated carbocycles. The molecule has 0 amide bonds. The molecule has 1 atom stereocenters. The number of ketones is 1. The monoisotopic (exact) mass is 454 g/mol. The number of nitrogens with zero attached hydrogens (tertiary/aromatic N) is 3. The molecule has 0 saturated heterocycles. The maximum atomic E-state index is 12.9. The Bertz CT molecular complexity index is 1090. The molecule has 1 unspecified atom stereocenters. The van der Waals surface area contributed by atoms with Crippen molar-refractivity contribution >= 4 is 28.8 Å². The number of rotatable bonds is 7. The lowest BCUT2D eigenvalue weighted by molar-refractivity contribution is -0.123. The summed E-state index contributed by atoms with van der Waals surface area (Å²) in [5.74, 6) is 0.796. The van der Waals surface area contributed by atoms with E-state index < -0.39 is 12.3 Å². The van der Waals surface area contributed by atoms with Crippen LogP contribution in [0.15, 0.2) is 42.7 Å². The van der Waals surface area contributed by atoms with Gasteiger partial charge in [0.05, 0.1) is 10.6 Å². The van der Waals surface area contributed by atoms with Gasteiger partial charge in [0.15, 0.2) is 0 Å². The predicted octanol–water partition coefficient (Wildman–Crippen LogP) is 5.42. The molecule has 1 aliphatic carbocycles. The standard InChI is InChI=1S/C24H27FN4O2S/c1-15(30)16-6-8-18(9-7-16)24(2,31)22-27-14-21(32-22)17-4-3-5-19(12-17)28-23-26-11-10-20(13-25)29-23/h3-5,10-12,14,16,18,31H,6-9,13H2,1-2H3,(H,26,28,29). The fourth-order valence-electron chi connectivity index (χ4n) is 4.29. The van der Waals surface area contributed by atoms with Gasteiger partial charge in [-0.1, -0.05) is 12.1 Å². The Morgan fingerprint density at radius 3 is 2.75 bits per heavy atom. The normalized spacial score (nSPS) is 20.5. The van der Waals surface area contributed by atoms with Gasteiger partial charge in [-0.2, -0.15) is 0 Å². The van der Waals surface area contributed by atoms with Crippen molar-refractivity contribution in [2.75, 3.05) is 5.32 Å². The summed E-state index contributed by atoms with van der Waals surface area (Å²) in [7, 11) is 0. The molecule has 8 heteroatoms. The molecule has 2 N–H and O–H groups in total. The minimum Gasteiger partial charge on any atom is -0.383 e. The molecule has 168 valence electrons. The fourth-order valence-corrected chi connectivity index (χ4v) is 5.33. The lowest BCUT2D eigenvalue weighted by atomic mass is 9.73. The van der Waals surface area contributed by atoms with Crippen molar-refractivity contribution in [2.24, 2.45) is 11.8 Å². The number of hydrogen-bond donors (Lipinski definition) is 2. The van der Waals surface area contributed by atoms with Crippen LogP contribution in [0.4, 0.5) is 16.0 Å². The predicted molar refractivity (Wildman–Crippen MR) is 123 cm³/mol. The van der Waals surface area contributed by atoms with E-state index in [0.29, 0.717) is 16.6 Å². The number of benzene rings is 1. The van der Waals surface area contributed by atoms with E-state index in [4.69, 9.17) is 0 Å². The third-order valence-electron chi connectivity index (χ3n) is 6.29. The van der Waals surface area contributed by atoms with Crippen molar-refractivity contribution in [1.29, 1.82) is 0 Å². The van der Waals surface area contributed by atoms with Crippen molar-refractivity contribution in [3.63, 3.8) is 0 Å². The molecule has 1 aliphatic rings. The van der Waals surface area contributed by atoms with E-state index in [1.54, 1.807) is 19.2 Å². The first-order chi connectivity index (χ1) is 15.4. The van der Waals surface area contributed by atoms with Crippen LogP contribution in [0.1, 0.15) is 50.2 Å². The maximum absolute atomic E-state index is 12.9. The quantitative estimate of drug-likeness (QED) is 0.496. The Morgan fingerprint density at radius 1 is 1.25 bits per heavy atom. The number of halogens is 1. The molecular formula is C24H27FN4O2S. The zero-order chi connectivity index (χ0) is 22.7. The Labute approximate surface area is 191 Å². The van der Waals surface area contributed by atoms with Crippen LogP contribution >= 0.6 is 11.3 Å².